The summed E-state index contributed by atoms with van der Waals surface area (Å²) < 4.78 is 2.20. The molecule has 0 atom stereocenters. The highest BCUT2D eigenvalue weighted by molar-refractivity contribution is 6.50. The van der Waals surface area contributed by atoms with Crippen molar-refractivity contribution in [2.24, 2.45) is 0 Å². The molecule has 0 aliphatic rings. The van der Waals surface area contributed by atoms with E-state index in [2.05, 4.69) is 11.5 Å². The molecule has 0 N–H and O–H groups in total. The molecule has 0 aliphatic carbocycles. The number of hydrogen-bond acceptors (Lipinski definition) is 2. The second-order valence-corrected chi connectivity index (χ2v) is 6.32. The molecule has 0 aliphatic heterocycles. The monoisotopic (exact) mass is 371 g/mol. The van der Waals surface area contributed by atoms with E-state index in [0.29, 0.717) is 22.6 Å². The summed E-state index contributed by atoms with van der Waals surface area (Å²) in [6, 6.07) is 11.7. The van der Waals surface area contributed by atoms with E-state index in [9.17, 15) is 9.59 Å². The van der Waals surface area contributed by atoms with Gasteiger partial charge < -0.3 is 4.57 Å². The van der Waals surface area contributed by atoms with Gasteiger partial charge in [-0.05, 0) is 54.5 Å². The van der Waals surface area contributed by atoms with Crippen LogP contribution in [0.25, 0.3) is 31.9 Å². The molecule has 0 saturated heterocycles. The topological polar surface area (TPSA) is 39.1 Å². The molecule has 0 spiro atoms. The van der Waals surface area contributed by atoms with Gasteiger partial charge in [0.05, 0.1) is 10.1 Å². The number of rotatable bonds is 5. The number of carbonyl (C=O) groups excluding carboxylic acids is 2. The Bertz CT molecular complexity index is 963. The summed E-state index contributed by atoms with van der Waals surface area (Å²) in [7, 11) is 0. The van der Waals surface area contributed by atoms with Crippen LogP contribution in [0.15, 0.2) is 48.6 Å². The van der Waals surface area contributed by atoms with Gasteiger partial charge in [-0.3, -0.25) is 9.59 Å². The number of aryl methyl sites for hydroxylation is 1. The van der Waals surface area contributed by atoms with Crippen LogP contribution in [-0.2, 0) is 16.1 Å². The minimum atomic E-state index is 0.393. The maximum atomic E-state index is 10.7. The van der Waals surface area contributed by atoms with Crippen LogP contribution in [0.4, 0.5) is 0 Å². The Hall–Kier alpha value is -2.36. The molecule has 5 heteroatoms. The van der Waals surface area contributed by atoms with E-state index in [-0.39, 0.29) is 0 Å². The van der Waals surface area contributed by atoms with Crippen molar-refractivity contribution in [2.75, 3.05) is 0 Å². The molecule has 2 aromatic carbocycles. The van der Waals surface area contributed by atoms with Crippen LogP contribution in [0.1, 0.15) is 18.1 Å². The molecule has 0 bridgehead atoms. The van der Waals surface area contributed by atoms with Gasteiger partial charge in [0.25, 0.3) is 0 Å². The quantitative estimate of drug-likeness (QED) is 0.446. The molecule has 3 aromatic rings. The molecule has 1 heterocycles. The lowest BCUT2D eigenvalue weighted by molar-refractivity contribution is -0.104. The van der Waals surface area contributed by atoms with Gasteiger partial charge in [0, 0.05) is 28.4 Å². The molecule has 0 fully saturated rings. The lowest BCUT2D eigenvalue weighted by Crippen LogP contribution is -1.93. The first-order chi connectivity index (χ1) is 12.1. The van der Waals surface area contributed by atoms with Crippen molar-refractivity contribution in [3.8, 4) is 0 Å². The third kappa shape index (κ3) is 3.13. The molecule has 25 heavy (non-hydrogen) atoms. The Kier molecular flexibility index (Phi) is 5.07. The van der Waals surface area contributed by atoms with Crippen LogP contribution < -0.4 is 0 Å². The fraction of sp³-hybridized carbons (Fsp3) is 0.100. The van der Waals surface area contributed by atoms with Crippen molar-refractivity contribution in [3.05, 3.63) is 59.7 Å². The highest BCUT2D eigenvalue weighted by atomic mass is 35.5. The molecule has 0 amide bonds. The van der Waals surface area contributed by atoms with E-state index in [4.69, 9.17) is 23.2 Å². The second-order valence-electron chi connectivity index (χ2n) is 5.51. The van der Waals surface area contributed by atoms with Gasteiger partial charge in [-0.15, -0.1) is 0 Å². The predicted octanol–water partition coefficient (Wildman–Crippen LogP) is 5.37. The SMILES string of the molecule is CCn1c2ccc(/C(Cl)=C/C=O)cc2c2cc(/C(Cl)=C/C=O)ccc21. The van der Waals surface area contributed by atoms with Crippen molar-refractivity contribution < 1.29 is 9.59 Å². The van der Waals surface area contributed by atoms with Gasteiger partial charge in [-0.25, -0.2) is 0 Å². The zero-order valence-corrected chi connectivity index (χ0v) is 15.0. The van der Waals surface area contributed by atoms with Crippen LogP contribution in [0.3, 0.4) is 0 Å². The molecule has 0 unspecified atom stereocenters. The standard InChI is InChI=1S/C20H15Cl2NO2/c1-2-23-19-5-3-13(17(21)7-9-24)11-15(19)16-12-14(4-6-20(16)23)18(22)8-10-25/h3-12H,2H2,1H3/b17-7-,18-8-. The maximum absolute atomic E-state index is 10.7. The number of benzene rings is 2. The van der Waals surface area contributed by atoms with Crippen LogP contribution in [0.2, 0.25) is 0 Å². The van der Waals surface area contributed by atoms with Crippen molar-refractivity contribution in [3.63, 3.8) is 0 Å². The lowest BCUT2D eigenvalue weighted by atomic mass is 10.1. The normalized spacial score (nSPS) is 12.8. The number of allylic oxidation sites excluding steroid dienone is 2. The molecule has 3 nitrogen and oxygen atoms in total. The summed E-state index contributed by atoms with van der Waals surface area (Å²) in [5.41, 5.74) is 3.70. The average Bonchev–Trinajstić information content (AvgIpc) is 2.94. The third-order valence-corrected chi connectivity index (χ3v) is 4.85. The maximum Gasteiger partial charge on any atom is 0.144 e. The molecule has 3 rings (SSSR count). The summed E-state index contributed by atoms with van der Waals surface area (Å²) in [4.78, 5) is 21.4. The van der Waals surface area contributed by atoms with Gasteiger partial charge in [0.1, 0.15) is 12.6 Å². The van der Waals surface area contributed by atoms with Gasteiger partial charge in [-0.2, -0.15) is 0 Å². The fourth-order valence-corrected chi connectivity index (χ4v) is 3.39. The van der Waals surface area contributed by atoms with Crippen LogP contribution in [-0.4, -0.2) is 17.1 Å². The van der Waals surface area contributed by atoms with Gasteiger partial charge in [0.2, 0.25) is 0 Å². The Morgan fingerprint density at radius 3 is 1.68 bits per heavy atom. The highest BCUT2D eigenvalue weighted by Gasteiger charge is 2.12. The summed E-state index contributed by atoms with van der Waals surface area (Å²) in [5, 5.41) is 2.82. The Balaban J connectivity index is 2.34. The number of aldehydes is 2. The Labute approximate surface area is 155 Å². The first-order valence-electron chi connectivity index (χ1n) is 7.79. The summed E-state index contributed by atoms with van der Waals surface area (Å²) >= 11 is 12.4. The summed E-state index contributed by atoms with van der Waals surface area (Å²) in [6.45, 7) is 2.90. The van der Waals surface area contributed by atoms with Crippen molar-refractivity contribution in [1.82, 2.24) is 4.57 Å². The zero-order chi connectivity index (χ0) is 18.0. The van der Waals surface area contributed by atoms with Gasteiger partial charge >= 0.3 is 0 Å². The summed E-state index contributed by atoms with van der Waals surface area (Å²) in [6.07, 6.45) is 4.00. The molecular formula is C20H15Cl2NO2. The van der Waals surface area contributed by atoms with Crippen molar-refractivity contribution in [1.29, 1.82) is 0 Å². The fourth-order valence-electron chi connectivity index (χ4n) is 3.05. The van der Waals surface area contributed by atoms with Crippen molar-refractivity contribution >= 4 is 67.6 Å². The number of carbonyl (C=O) groups is 2. The van der Waals surface area contributed by atoms with E-state index in [1.165, 1.54) is 12.2 Å². The van der Waals surface area contributed by atoms with E-state index < -0.39 is 0 Å². The smallest absolute Gasteiger partial charge is 0.144 e. The Morgan fingerprint density at radius 2 is 1.32 bits per heavy atom. The van der Waals surface area contributed by atoms with Crippen LogP contribution in [0.5, 0.6) is 0 Å². The first-order valence-corrected chi connectivity index (χ1v) is 8.55. The number of halogens is 2. The summed E-state index contributed by atoms with van der Waals surface area (Å²) in [5.74, 6) is 0. The largest absolute Gasteiger partial charge is 0.341 e. The van der Waals surface area contributed by atoms with E-state index in [1.807, 2.05) is 36.4 Å². The van der Waals surface area contributed by atoms with Gasteiger partial charge in [-0.1, -0.05) is 35.3 Å². The number of fused-ring (bicyclic) bond motifs is 3. The zero-order valence-electron chi connectivity index (χ0n) is 13.5. The third-order valence-electron chi connectivity index (χ3n) is 4.16. The first kappa shape index (κ1) is 17.5. The molecule has 1 aromatic heterocycles. The van der Waals surface area contributed by atoms with Crippen molar-refractivity contribution in [2.45, 2.75) is 13.5 Å². The van der Waals surface area contributed by atoms with E-state index in [0.717, 1.165) is 39.5 Å². The minimum absolute atomic E-state index is 0.393. The molecular weight excluding hydrogens is 357 g/mol. The number of aromatic nitrogens is 1. The molecule has 126 valence electrons. The van der Waals surface area contributed by atoms with E-state index >= 15 is 0 Å². The van der Waals surface area contributed by atoms with Crippen LogP contribution >= 0.6 is 23.2 Å². The second kappa shape index (κ2) is 7.26. The molecule has 0 radical (unpaired) electrons. The predicted molar refractivity (Wildman–Crippen MR) is 105 cm³/mol. The average molecular weight is 372 g/mol. The van der Waals surface area contributed by atoms with Crippen LogP contribution in [0, 0.1) is 0 Å². The Morgan fingerprint density at radius 1 is 0.880 bits per heavy atom. The molecule has 0 saturated carbocycles. The lowest BCUT2D eigenvalue weighted by Gasteiger charge is -2.04. The van der Waals surface area contributed by atoms with E-state index in [1.54, 1.807) is 0 Å². The number of nitrogens with zero attached hydrogens (tertiary/aromatic N) is 1. The number of hydrogen-bond donors (Lipinski definition) is 0. The van der Waals surface area contributed by atoms with Gasteiger partial charge in [0.15, 0.2) is 0 Å². The minimum Gasteiger partial charge on any atom is -0.341 e. The highest BCUT2D eigenvalue weighted by Crippen LogP contribution is 2.34.